The predicted molar refractivity (Wildman–Crippen MR) is 42.0 cm³/mol. The third-order valence-electron chi connectivity index (χ3n) is 1.22. The van der Waals surface area contributed by atoms with Crippen LogP contribution in [0.4, 0.5) is 0 Å². The number of nitrogens with zero attached hydrogens (tertiary/aromatic N) is 1. The number of nitrogens with one attached hydrogen (secondary N) is 1. The minimum atomic E-state index is -1.83. The molecule has 1 aliphatic rings. The molecule has 0 bridgehead atoms. The Bertz CT molecular complexity index is 322. The molecule has 0 fully saturated rings. The van der Waals surface area contributed by atoms with Crippen molar-refractivity contribution in [3.8, 4) is 0 Å². The molecule has 2 heterocycles. The highest BCUT2D eigenvalue weighted by Gasteiger charge is 2.06. The van der Waals surface area contributed by atoms with Gasteiger partial charge in [0.1, 0.15) is 0 Å². The fourth-order valence-corrected chi connectivity index (χ4v) is 0.769. The number of hydrogen-bond acceptors (Lipinski definition) is 2. The van der Waals surface area contributed by atoms with Crippen molar-refractivity contribution in [2.75, 3.05) is 0 Å². The molecule has 1 aromatic rings. The first-order chi connectivity index (χ1) is 5.93. The van der Waals surface area contributed by atoms with Gasteiger partial charge in [0.05, 0.1) is 0 Å². The van der Waals surface area contributed by atoms with Gasteiger partial charge in [0, 0.05) is 30.9 Å². The first kappa shape index (κ1) is 3.69. The van der Waals surface area contributed by atoms with Crippen LogP contribution in [0.2, 0.25) is 0 Å². The molecule has 54 valence electrons. The lowest BCUT2D eigenvalue weighted by Crippen LogP contribution is -1.99. The van der Waals surface area contributed by atoms with Gasteiger partial charge in [-0.2, -0.15) is 0 Å². The van der Waals surface area contributed by atoms with E-state index in [-0.39, 0.29) is 18.0 Å². The van der Waals surface area contributed by atoms with Crippen LogP contribution >= 0.6 is 12.4 Å². The summed E-state index contributed by atoms with van der Waals surface area (Å²) in [7, 11) is 0. The molecule has 10 heavy (non-hydrogen) atoms. The highest BCUT2D eigenvalue weighted by molar-refractivity contribution is 5.85. The predicted octanol–water partition coefficient (Wildman–Crippen LogP) is 1.11. The van der Waals surface area contributed by atoms with E-state index < -0.39 is 13.0 Å². The molecule has 0 saturated carbocycles. The van der Waals surface area contributed by atoms with Crippen LogP contribution in [0.15, 0.2) is 18.5 Å². The van der Waals surface area contributed by atoms with E-state index in [1.165, 1.54) is 18.5 Å². The second-order valence-corrected chi connectivity index (χ2v) is 1.80. The van der Waals surface area contributed by atoms with E-state index in [1.807, 2.05) is 0 Å². The molecule has 2 nitrogen and oxygen atoms in total. The first-order valence-electron chi connectivity index (χ1n) is 4.68. The van der Waals surface area contributed by atoms with Gasteiger partial charge in [-0.05, 0) is 17.2 Å². The Balaban J connectivity index is 0.000000980. The molecule has 0 saturated heterocycles. The van der Waals surface area contributed by atoms with E-state index >= 15 is 0 Å². The van der Waals surface area contributed by atoms with Crippen molar-refractivity contribution in [2.45, 2.75) is 13.0 Å². The van der Waals surface area contributed by atoms with Crippen LogP contribution in [0, 0.1) is 0 Å². The summed E-state index contributed by atoms with van der Waals surface area (Å²) in [5.41, 5.74) is 0.604. The fourth-order valence-electron chi connectivity index (χ4n) is 0.769. The molecule has 0 atom stereocenters. The van der Waals surface area contributed by atoms with Gasteiger partial charge in [-0.3, -0.25) is 4.98 Å². The molecular formula is C7H9ClN2. The molecule has 1 N–H and O–H groups in total. The summed E-state index contributed by atoms with van der Waals surface area (Å²) >= 11 is 0. The van der Waals surface area contributed by atoms with Crippen molar-refractivity contribution in [3.05, 3.63) is 29.6 Å². The average Bonchev–Trinajstić information content (AvgIpc) is 2.20. The van der Waals surface area contributed by atoms with Crippen LogP contribution in [-0.4, -0.2) is 4.98 Å². The zero-order valence-corrected chi connectivity index (χ0v) is 5.90. The molecule has 0 aliphatic carbocycles. The monoisotopic (exact) mass is 160 g/mol. The van der Waals surface area contributed by atoms with E-state index in [0.29, 0.717) is 5.56 Å². The zero-order valence-electron chi connectivity index (χ0n) is 9.09. The molecule has 0 amide bonds. The van der Waals surface area contributed by atoms with Crippen molar-refractivity contribution in [2.24, 2.45) is 0 Å². The SMILES string of the molecule is Cl.[2H]C1([2H])NC([2H])([2H])c2cnccc21. The summed E-state index contributed by atoms with van der Waals surface area (Å²) in [5.74, 6) is 0. The molecule has 0 unspecified atom stereocenters. The Labute approximate surface area is 71.7 Å². The summed E-state index contributed by atoms with van der Waals surface area (Å²) in [4.78, 5) is 3.77. The Morgan fingerprint density at radius 3 is 3.10 bits per heavy atom. The third kappa shape index (κ3) is 1.13. The number of fused-ring (bicyclic) bond motifs is 1. The van der Waals surface area contributed by atoms with Crippen molar-refractivity contribution >= 4 is 12.4 Å². The van der Waals surface area contributed by atoms with E-state index in [9.17, 15) is 0 Å². The van der Waals surface area contributed by atoms with Crippen LogP contribution in [0.3, 0.4) is 0 Å². The van der Waals surface area contributed by atoms with Crippen molar-refractivity contribution in [3.63, 3.8) is 0 Å². The summed E-state index contributed by atoms with van der Waals surface area (Å²) in [6.07, 6.45) is 2.81. The minimum absolute atomic E-state index is 0. The van der Waals surface area contributed by atoms with Crippen molar-refractivity contribution in [1.29, 1.82) is 0 Å². The summed E-state index contributed by atoms with van der Waals surface area (Å²) in [6.45, 7) is -3.63. The van der Waals surface area contributed by atoms with E-state index in [0.717, 1.165) is 0 Å². The Morgan fingerprint density at radius 1 is 1.50 bits per heavy atom. The summed E-state index contributed by atoms with van der Waals surface area (Å²) < 4.78 is 30.0. The van der Waals surface area contributed by atoms with Crippen LogP contribution in [0.5, 0.6) is 0 Å². The molecule has 0 spiro atoms. The normalized spacial score (nSPS) is 30.0. The lowest BCUT2D eigenvalue weighted by molar-refractivity contribution is 0.764. The van der Waals surface area contributed by atoms with Gasteiger partial charge in [0.2, 0.25) is 0 Å². The Hall–Kier alpha value is -0.600. The van der Waals surface area contributed by atoms with Gasteiger partial charge < -0.3 is 5.32 Å². The molecular weight excluding hydrogens is 148 g/mol. The smallest absolute Gasteiger partial charge is 0.0480 e. The van der Waals surface area contributed by atoms with Gasteiger partial charge in [-0.15, -0.1) is 12.4 Å². The van der Waals surface area contributed by atoms with Crippen LogP contribution in [0.25, 0.3) is 0 Å². The average molecular weight is 161 g/mol. The van der Waals surface area contributed by atoms with Gasteiger partial charge >= 0.3 is 0 Å². The largest absolute Gasteiger partial charge is 0.309 e. The third-order valence-corrected chi connectivity index (χ3v) is 1.22. The maximum atomic E-state index is 7.51. The van der Waals surface area contributed by atoms with E-state index in [2.05, 4.69) is 10.3 Å². The van der Waals surface area contributed by atoms with Gasteiger partial charge in [0.25, 0.3) is 0 Å². The van der Waals surface area contributed by atoms with Crippen LogP contribution in [-0.2, 0) is 13.0 Å². The maximum absolute atomic E-state index is 7.51. The van der Waals surface area contributed by atoms with E-state index in [4.69, 9.17) is 5.48 Å². The number of pyridine rings is 1. The lowest BCUT2D eigenvalue weighted by atomic mass is 10.2. The van der Waals surface area contributed by atoms with Crippen molar-refractivity contribution in [1.82, 2.24) is 10.3 Å². The molecule has 1 aromatic heterocycles. The van der Waals surface area contributed by atoms with Gasteiger partial charge in [-0.1, -0.05) is 0 Å². The van der Waals surface area contributed by atoms with Crippen LogP contribution in [0.1, 0.15) is 16.6 Å². The lowest BCUT2D eigenvalue weighted by Gasteiger charge is -1.90. The quantitative estimate of drug-likeness (QED) is 0.615. The minimum Gasteiger partial charge on any atom is -0.309 e. The van der Waals surface area contributed by atoms with Crippen LogP contribution < -0.4 is 5.32 Å². The second kappa shape index (κ2) is 2.99. The van der Waals surface area contributed by atoms with Gasteiger partial charge in [-0.25, -0.2) is 0 Å². The maximum Gasteiger partial charge on any atom is 0.0480 e. The highest BCUT2D eigenvalue weighted by atomic mass is 35.5. The summed E-state index contributed by atoms with van der Waals surface area (Å²) in [6, 6.07) is 1.49. The molecule has 1 aliphatic heterocycles. The Kier molecular flexibility index (Phi) is 1.11. The topological polar surface area (TPSA) is 24.9 Å². The summed E-state index contributed by atoms with van der Waals surface area (Å²) in [5, 5.41) is 2.26. The highest BCUT2D eigenvalue weighted by Crippen LogP contribution is 2.11. The first-order valence-corrected chi connectivity index (χ1v) is 2.68. The Morgan fingerprint density at radius 2 is 2.30 bits per heavy atom. The zero-order chi connectivity index (χ0) is 9.69. The molecule has 2 rings (SSSR count). The fraction of sp³-hybridized carbons (Fsp3) is 0.286. The molecule has 0 aromatic carbocycles. The molecule has 0 radical (unpaired) electrons. The number of rotatable bonds is 0. The van der Waals surface area contributed by atoms with Crippen molar-refractivity contribution < 1.29 is 5.48 Å². The second-order valence-electron chi connectivity index (χ2n) is 1.80. The number of aromatic nitrogens is 1. The standard InChI is InChI=1S/C7H8N2.ClH/c1-2-8-4-7-5-9-3-6(1)7;/h1-2,4,9H,3,5H2;1H/i3D2,5D2;. The van der Waals surface area contributed by atoms with E-state index in [1.54, 1.807) is 0 Å². The van der Waals surface area contributed by atoms with Gasteiger partial charge in [0.15, 0.2) is 0 Å². The number of halogens is 1. The molecule has 3 heteroatoms. The number of hydrogen-bond donors (Lipinski definition) is 1.